The molecule has 10 nitrogen and oxygen atoms in total. The van der Waals surface area contributed by atoms with Crippen LogP contribution in [0, 0.1) is 0 Å². The molecule has 45 heavy (non-hydrogen) atoms. The van der Waals surface area contributed by atoms with Gasteiger partial charge in [-0.2, -0.15) is 5.10 Å². The molecule has 1 atom stereocenters. The number of methoxy groups -OCH3 is 3. The molecule has 1 amide bonds. The number of ether oxygens (including phenoxy) is 4. The van der Waals surface area contributed by atoms with Crippen molar-refractivity contribution in [3.8, 4) is 28.5 Å². The van der Waals surface area contributed by atoms with Gasteiger partial charge in [0.15, 0.2) is 18.1 Å². The molecule has 5 aromatic rings. The van der Waals surface area contributed by atoms with Crippen LogP contribution in [0.25, 0.3) is 22.2 Å². The summed E-state index contributed by atoms with van der Waals surface area (Å²) in [4.78, 5) is 31.8. The van der Waals surface area contributed by atoms with Crippen LogP contribution in [-0.4, -0.2) is 55.5 Å². The first-order chi connectivity index (χ1) is 21.9. The third-order valence-electron chi connectivity index (χ3n) is 7.44. The van der Waals surface area contributed by atoms with Crippen LogP contribution < -0.4 is 14.2 Å². The predicted molar refractivity (Wildman–Crippen MR) is 168 cm³/mol. The van der Waals surface area contributed by atoms with Crippen molar-refractivity contribution in [2.75, 3.05) is 27.9 Å². The molecule has 1 aliphatic rings. The van der Waals surface area contributed by atoms with E-state index in [1.54, 1.807) is 66.9 Å². The molecule has 0 saturated carbocycles. The van der Waals surface area contributed by atoms with Crippen LogP contribution >= 0.6 is 11.6 Å². The fraction of sp³-hybridized carbons (Fsp3) is 0.176. The van der Waals surface area contributed by atoms with E-state index in [0.29, 0.717) is 62.3 Å². The van der Waals surface area contributed by atoms with E-state index < -0.39 is 24.5 Å². The number of hydrogen-bond donors (Lipinski definition) is 0. The SMILES string of the molecule is COc1cc(-c2cc(C(=O)OCC(=O)N3N=C(c4ccc(Cl)cc4)C[C@@H]3c3ccco3)c3ccccc3n2)cc(OC)c1OC. The summed E-state index contributed by atoms with van der Waals surface area (Å²) in [6.45, 7) is -0.538. The number of esters is 1. The van der Waals surface area contributed by atoms with Gasteiger partial charge in [-0.3, -0.25) is 4.79 Å². The number of amides is 1. The molecule has 6 rings (SSSR count). The maximum atomic E-state index is 13.6. The Kier molecular flexibility index (Phi) is 8.39. The van der Waals surface area contributed by atoms with Gasteiger partial charge >= 0.3 is 5.97 Å². The number of hydrazone groups is 1. The molecule has 0 saturated heterocycles. The van der Waals surface area contributed by atoms with Gasteiger partial charge in [0.1, 0.15) is 11.8 Å². The maximum Gasteiger partial charge on any atom is 0.339 e. The molecular weight excluding hydrogens is 598 g/mol. The van der Waals surface area contributed by atoms with Crippen molar-refractivity contribution in [2.45, 2.75) is 12.5 Å². The second-order valence-electron chi connectivity index (χ2n) is 10.1. The van der Waals surface area contributed by atoms with E-state index in [-0.39, 0.29) is 5.56 Å². The second-order valence-corrected chi connectivity index (χ2v) is 10.5. The van der Waals surface area contributed by atoms with Crippen molar-refractivity contribution >= 4 is 40.1 Å². The van der Waals surface area contributed by atoms with Gasteiger partial charge in [-0.15, -0.1) is 0 Å². The highest BCUT2D eigenvalue weighted by Gasteiger charge is 2.35. The van der Waals surface area contributed by atoms with Crippen molar-refractivity contribution in [1.82, 2.24) is 9.99 Å². The molecule has 0 fully saturated rings. The van der Waals surface area contributed by atoms with Crippen LogP contribution in [0.1, 0.15) is 34.1 Å². The molecule has 0 spiro atoms. The number of nitrogens with zero attached hydrogens (tertiary/aromatic N) is 3. The molecule has 228 valence electrons. The number of halogens is 1. The second kappa shape index (κ2) is 12.7. The molecule has 0 unspecified atom stereocenters. The fourth-order valence-corrected chi connectivity index (χ4v) is 5.38. The van der Waals surface area contributed by atoms with E-state index >= 15 is 0 Å². The summed E-state index contributed by atoms with van der Waals surface area (Å²) in [6.07, 6.45) is 1.96. The van der Waals surface area contributed by atoms with Gasteiger partial charge in [0, 0.05) is 22.4 Å². The Labute approximate surface area is 263 Å². The Morgan fingerprint density at radius 2 is 1.64 bits per heavy atom. The number of carbonyl (C=O) groups excluding carboxylic acids is 2. The number of fused-ring (bicyclic) bond motifs is 1. The van der Waals surface area contributed by atoms with Crippen molar-refractivity contribution in [1.29, 1.82) is 0 Å². The number of pyridine rings is 1. The summed E-state index contributed by atoms with van der Waals surface area (Å²) in [6, 6.07) is 22.6. The summed E-state index contributed by atoms with van der Waals surface area (Å²) >= 11 is 6.06. The summed E-state index contributed by atoms with van der Waals surface area (Å²) in [5.74, 6) is 0.679. The average molecular weight is 626 g/mol. The summed E-state index contributed by atoms with van der Waals surface area (Å²) < 4.78 is 27.7. The molecule has 3 heterocycles. The number of carbonyl (C=O) groups is 2. The van der Waals surface area contributed by atoms with Crippen molar-refractivity contribution in [3.05, 3.63) is 107 Å². The third kappa shape index (κ3) is 5.92. The first-order valence-corrected chi connectivity index (χ1v) is 14.3. The van der Waals surface area contributed by atoms with Gasteiger partial charge in [0.05, 0.1) is 50.1 Å². The van der Waals surface area contributed by atoms with Gasteiger partial charge in [-0.05, 0) is 54.1 Å². The van der Waals surface area contributed by atoms with Gasteiger partial charge in [0.2, 0.25) is 5.75 Å². The van der Waals surface area contributed by atoms with Crippen LogP contribution in [0.2, 0.25) is 5.02 Å². The lowest BCUT2D eigenvalue weighted by Gasteiger charge is -2.20. The standard InChI is InChI=1S/C34H28ClN3O7/c1-41-30-15-21(16-31(42-2)33(30)43-3)26-17-24(23-7-4-5-8-25(23)36-26)34(40)45-19-32(39)38-28(29-9-6-14-44-29)18-27(37-38)20-10-12-22(35)13-11-20/h4-17,28H,18-19H2,1-3H3/t28-/m1/s1. The first kappa shape index (κ1) is 29.7. The minimum absolute atomic E-state index is 0.242. The minimum Gasteiger partial charge on any atom is -0.493 e. The highest BCUT2D eigenvalue weighted by molar-refractivity contribution is 6.30. The van der Waals surface area contributed by atoms with Gasteiger partial charge < -0.3 is 23.4 Å². The number of aromatic nitrogens is 1. The average Bonchev–Trinajstić information content (AvgIpc) is 3.77. The van der Waals surface area contributed by atoms with E-state index in [9.17, 15) is 9.59 Å². The van der Waals surface area contributed by atoms with Crippen LogP contribution in [-0.2, 0) is 9.53 Å². The zero-order valence-electron chi connectivity index (χ0n) is 24.7. The summed E-state index contributed by atoms with van der Waals surface area (Å²) in [7, 11) is 4.56. The predicted octanol–water partition coefficient (Wildman–Crippen LogP) is 6.71. The number of furan rings is 1. The van der Waals surface area contributed by atoms with Crippen molar-refractivity contribution in [2.24, 2.45) is 5.10 Å². The van der Waals surface area contributed by atoms with E-state index in [0.717, 1.165) is 5.56 Å². The van der Waals surface area contributed by atoms with Crippen molar-refractivity contribution in [3.63, 3.8) is 0 Å². The first-order valence-electron chi connectivity index (χ1n) is 14.0. The Morgan fingerprint density at radius 1 is 0.911 bits per heavy atom. The number of rotatable bonds is 9. The topological polar surface area (TPSA) is 113 Å². The Bertz CT molecular complexity index is 1880. The summed E-state index contributed by atoms with van der Waals surface area (Å²) in [5, 5.41) is 7.06. The summed E-state index contributed by atoms with van der Waals surface area (Å²) in [5.41, 5.74) is 3.42. The number of benzene rings is 3. The lowest BCUT2D eigenvalue weighted by atomic mass is 10.0. The molecule has 11 heteroatoms. The highest BCUT2D eigenvalue weighted by atomic mass is 35.5. The van der Waals surface area contributed by atoms with Gasteiger partial charge in [-0.25, -0.2) is 14.8 Å². The molecule has 0 radical (unpaired) electrons. The smallest absolute Gasteiger partial charge is 0.339 e. The zero-order chi connectivity index (χ0) is 31.5. The molecule has 1 aliphatic heterocycles. The van der Waals surface area contributed by atoms with E-state index in [2.05, 4.69) is 5.10 Å². The van der Waals surface area contributed by atoms with Crippen LogP contribution in [0.3, 0.4) is 0 Å². The normalized spacial score (nSPS) is 14.3. The van der Waals surface area contributed by atoms with Crippen LogP contribution in [0.4, 0.5) is 0 Å². The lowest BCUT2D eigenvalue weighted by Crippen LogP contribution is -2.31. The third-order valence-corrected chi connectivity index (χ3v) is 7.69. The van der Waals surface area contributed by atoms with E-state index in [4.69, 9.17) is 39.9 Å². The molecule has 0 aliphatic carbocycles. The van der Waals surface area contributed by atoms with Gasteiger partial charge in [0.25, 0.3) is 5.91 Å². The Morgan fingerprint density at radius 3 is 2.31 bits per heavy atom. The van der Waals surface area contributed by atoms with E-state index in [1.807, 2.05) is 18.2 Å². The molecule has 0 bridgehead atoms. The minimum atomic E-state index is -0.689. The van der Waals surface area contributed by atoms with Gasteiger partial charge in [-0.1, -0.05) is 41.9 Å². The van der Waals surface area contributed by atoms with E-state index in [1.165, 1.54) is 26.3 Å². The Hall–Kier alpha value is -5.35. The Balaban J connectivity index is 1.29. The monoisotopic (exact) mass is 625 g/mol. The largest absolute Gasteiger partial charge is 0.493 e. The molecule has 0 N–H and O–H groups in total. The zero-order valence-corrected chi connectivity index (χ0v) is 25.4. The number of para-hydroxylation sites is 1. The lowest BCUT2D eigenvalue weighted by molar-refractivity contribution is -0.136. The quantitative estimate of drug-likeness (QED) is 0.166. The van der Waals surface area contributed by atoms with Crippen molar-refractivity contribution < 1.29 is 33.0 Å². The maximum absolute atomic E-state index is 13.6. The van der Waals surface area contributed by atoms with Crippen LogP contribution in [0.5, 0.6) is 17.2 Å². The number of hydrogen-bond acceptors (Lipinski definition) is 9. The fourth-order valence-electron chi connectivity index (χ4n) is 5.25. The molecular formula is C34H28ClN3O7. The van der Waals surface area contributed by atoms with Crippen LogP contribution in [0.15, 0.2) is 94.6 Å². The molecule has 2 aromatic heterocycles. The molecule has 3 aromatic carbocycles. The highest BCUT2D eigenvalue weighted by Crippen LogP contribution is 2.41.